The van der Waals surface area contributed by atoms with Gasteiger partial charge in [-0.05, 0) is 26.1 Å². The molecule has 1 fully saturated rings. The van der Waals surface area contributed by atoms with E-state index in [0.717, 1.165) is 0 Å². The summed E-state index contributed by atoms with van der Waals surface area (Å²) in [6.07, 6.45) is -0.337. The maximum atomic E-state index is 13.2. The second kappa shape index (κ2) is 9.23. The number of fused-ring (bicyclic) bond motifs is 1. The zero-order valence-electron chi connectivity index (χ0n) is 17.2. The largest absolute Gasteiger partial charge is 0.460 e. The van der Waals surface area contributed by atoms with Crippen LogP contribution in [0.15, 0.2) is 24.3 Å². The number of hydrogen-bond donors (Lipinski definition) is 2. The zero-order valence-corrected chi connectivity index (χ0v) is 17.2. The second-order valence-corrected chi connectivity index (χ2v) is 7.26. The van der Waals surface area contributed by atoms with E-state index in [2.05, 4.69) is 10.6 Å². The summed E-state index contributed by atoms with van der Waals surface area (Å²) in [5.41, 5.74) is 0.970. The van der Waals surface area contributed by atoms with Crippen LogP contribution in [0.25, 0.3) is 0 Å². The van der Waals surface area contributed by atoms with E-state index in [4.69, 9.17) is 9.47 Å². The Labute approximate surface area is 174 Å². The Morgan fingerprint density at radius 1 is 1.23 bits per heavy atom. The van der Waals surface area contributed by atoms with Crippen LogP contribution in [0.2, 0.25) is 0 Å². The van der Waals surface area contributed by atoms with Crippen molar-refractivity contribution < 1.29 is 28.7 Å². The molecule has 0 bridgehead atoms. The molecule has 30 heavy (non-hydrogen) atoms. The van der Waals surface area contributed by atoms with Gasteiger partial charge < -0.3 is 25.0 Å². The number of amides is 3. The molecule has 3 rings (SSSR count). The van der Waals surface area contributed by atoms with Crippen molar-refractivity contribution in [3.8, 4) is 0 Å². The van der Waals surface area contributed by atoms with Crippen molar-refractivity contribution in [2.75, 3.05) is 43.7 Å². The highest BCUT2D eigenvalue weighted by Crippen LogP contribution is 2.32. The molecule has 3 atom stereocenters. The highest BCUT2D eigenvalue weighted by molar-refractivity contribution is 6.09. The fraction of sp³-hybridized carbons (Fsp3) is 0.500. The third kappa shape index (κ3) is 4.44. The number of carbonyl (C=O) groups is 4. The van der Waals surface area contributed by atoms with Crippen LogP contribution in [0.4, 0.5) is 11.4 Å². The van der Waals surface area contributed by atoms with Crippen LogP contribution in [0, 0.1) is 0 Å². The summed E-state index contributed by atoms with van der Waals surface area (Å²) >= 11 is 0. The molecular weight excluding hydrogens is 392 g/mol. The first kappa shape index (κ1) is 21.7. The lowest BCUT2D eigenvalue weighted by Gasteiger charge is -2.25. The van der Waals surface area contributed by atoms with Crippen LogP contribution in [0.1, 0.15) is 13.3 Å². The van der Waals surface area contributed by atoms with Crippen LogP contribution in [-0.4, -0.2) is 75.7 Å². The topological polar surface area (TPSA) is 117 Å². The third-order valence-electron chi connectivity index (χ3n) is 5.23. The predicted octanol–water partition coefficient (Wildman–Crippen LogP) is -0.579. The molecule has 0 spiro atoms. The Hall–Kier alpha value is -2.98. The van der Waals surface area contributed by atoms with Gasteiger partial charge in [0.1, 0.15) is 25.3 Å². The number of carbonyl (C=O) groups excluding carboxylic acids is 4. The third-order valence-corrected chi connectivity index (χ3v) is 5.23. The number of nitrogens with one attached hydrogen (secondary N) is 2. The summed E-state index contributed by atoms with van der Waals surface area (Å²) in [4.78, 5) is 52.8. The highest BCUT2D eigenvalue weighted by Gasteiger charge is 2.37. The van der Waals surface area contributed by atoms with Crippen molar-refractivity contribution in [3.63, 3.8) is 0 Å². The minimum atomic E-state index is -0.707. The SMILES string of the molecule is CN[C@H]1CN(C(=O)COC)c2ccccc2N(CC(=O)N[C@H]2CC(=O)O[C@H]2C)C1=O. The summed E-state index contributed by atoms with van der Waals surface area (Å²) < 4.78 is 10.0. The molecule has 0 radical (unpaired) electrons. The first-order valence-electron chi connectivity index (χ1n) is 9.71. The second-order valence-electron chi connectivity index (χ2n) is 7.26. The molecule has 0 saturated carbocycles. The summed E-state index contributed by atoms with van der Waals surface area (Å²) in [6.45, 7) is 1.43. The first-order valence-corrected chi connectivity index (χ1v) is 9.71. The summed E-state index contributed by atoms with van der Waals surface area (Å²) in [6, 6.07) is 5.77. The number of cyclic esters (lactones) is 1. The summed E-state index contributed by atoms with van der Waals surface area (Å²) in [5, 5.41) is 5.69. The van der Waals surface area contributed by atoms with Crippen molar-refractivity contribution in [3.05, 3.63) is 24.3 Å². The monoisotopic (exact) mass is 418 g/mol. The van der Waals surface area contributed by atoms with Crippen molar-refractivity contribution in [1.82, 2.24) is 10.6 Å². The minimum Gasteiger partial charge on any atom is -0.460 e. The molecule has 2 aliphatic rings. The maximum absolute atomic E-state index is 13.2. The predicted molar refractivity (Wildman–Crippen MR) is 108 cm³/mol. The molecular formula is C20H26N4O6. The van der Waals surface area contributed by atoms with Crippen molar-refractivity contribution in [1.29, 1.82) is 0 Å². The van der Waals surface area contributed by atoms with Crippen molar-refractivity contribution in [2.24, 2.45) is 0 Å². The molecule has 162 valence electrons. The van der Waals surface area contributed by atoms with Crippen LogP contribution in [0.5, 0.6) is 0 Å². The van der Waals surface area contributed by atoms with Gasteiger partial charge in [-0.1, -0.05) is 12.1 Å². The number of ether oxygens (including phenoxy) is 2. The van der Waals surface area contributed by atoms with E-state index in [0.29, 0.717) is 11.4 Å². The Morgan fingerprint density at radius 2 is 1.93 bits per heavy atom. The number of esters is 1. The number of likely N-dealkylation sites (N-methyl/N-ethyl adjacent to an activating group) is 1. The van der Waals surface area contributed by atoms with Gasteiger partial charge in [0.05, 0.1) is 30.4 Å². The highest BCUT2D eigenvalue weighted by atomic mass is 16.6. The maximum Gasteiger partial charge on any atom is 0.308 e. The Bertz CT molecular complexity index is 844. The van der Waals surface area contributed by atoms with E-state index in [1.165, 1.54) is 16.9 Å². The molecule has 0 aromatic heterocycles. The number of rotatable bonds is 6. The molecule has 2 aliphatic heterocycles. The number of anilines is 2. The molecule has 2 N–H and O–H groups in total. The van der Waals surface area contributed by atoms with Crippen molar-refractivity contribution >= 4 is 35.1 Å². The van der Waals surface area contributed by atoms with Gasteiger partial charge in [0.2, 0.25) is 11.8 Å². The van der Waals surface area contributed by atoms with Crippen molar-refractivity contribution in [2.45, 2.75) is 31.5 Å². The smallest absolute Gasteiger partial charge is 0.308 e. The molecule has 2 heterocycles. The number of benzene rings is 1. The van der Waals surface area contributed by atoms with Gasteiger partial charge in [-0.25, -0.2) is 0 Å². The average Bonchev–Trinajstić information content (AvgIpc) is 2.97. The van der Waals surface area contributed by atoms with E-state index in [-0.39, 0.29) is 43.9 Å². The van der Waals surface area contributed by atoms with E-state index < -0.39 is 24.1 Å². The van der Waals surface area contributed by atoms with Gasteiger partial charge in [-0.15, -0.1) is 0 Å². The van der Waals surface area contributed by atoms with E-state index in [1.54, 1.807) is 38.2 Å². The van der Waals surface area contributed by atoms with E-state index in [9.17, 15) is 19.2 Å². The number of para-hydroxylation sites is 2. The lowest BCUT2D eigenvalue weighted by Crippen LogP contribution is -2.53. The van der Waals surface area contributed by atoms with Gasteiger partial charge in [0.15, 0.2) is 0 Å². The first-order chi connectivity index (χ1) is 14.3. The number of methoxy groups -OCH3 is 1. The molecule has 10 nitrogen and oxygen atoms in total. The van der Waals surface area contributed by atoms with Crippen LogP contribution < -0.4 is 20.4 Å². The lowest BCUT2D eigenvalue weighted by atomic mass is 10.1. The minimum absolute atomic E-state index is 0.0931. The lowest BCUT2D eigenvalue weighted by molar-refractivity contribution is -0.141. The summed E-state index contributed by atoms with van der Waals surface area (Å²) in [5.74, 6) is -1.41. The average molecular weight is 418 g/mol. The van der Waals surface area contributed by atoms with Crippen LogP contribution in [0.3, 0.4) is 0 Å². The fourth-order valence-electron chi connectivity index (χ4n) is 3.65. The number of nitrogens with zero attached hydrogens (tertiary/aromatic N) is 2. The quantitative estimate of drug-likeness (QED) is 0.594. The fourth-order valence-corrected chi connectivity index (χ4v) is 3.65. The number of hydrogen-bond acceptors (Lipinski definition) is 7. The molecule has 1 saturated heterocycles. The van der Waals surface area contributed by atoms with Gasteiger partial charge in [-0.2, -0.15) is 0 Å². The van der Waals surface area contributed by atoms with E-state index >= 15 is 0 Å². The molecule has 1 aromatic carbocycles. The van der Waals surface area contributed by atoms with Crippen LogP contribution in [-0.2, 0) is 28.7 Å². The molecule has 0 unspecified atom stereocenters. The standard InChI is InChI=1S/C20H26N4O6/c1-12-13(8-19(27)30-12)22-17(25)10-24-16-7-5-4-6-15(16)23(18(26)11-29-3)9-14(21-2)20(24)28/h4-7,12-14,21H,8-11H2,1-3H3,(H,22,25)/t12-,13-,14-/m0/s1. The molecule has 1 aromatic rings. The Morgan fingerprint density at radius 3 is 2.53 bits per heavy atom. The molecule has 10 heteroatoms. The van der Waals surface area contributed by atoms with Gasteiger partial charge in [0.25, 0.3) is 5.91 Å². The van der Waals surface area contributed by atoms with Gasteiger partial charge in [0, 0.05) is 7.11 Å². The van der Waals surface area contributed by atoms with Crippen LogP contribution >= 0.6 is 0 Å². The zero-order chi connectivity index (χ0) is 21.8. The Balaban J connectivity index is 1.88. The van der Waals surface area contributed by atoms with E-state index in [1.807, 2.05) is 0 Å². The normalized spacial score (nSPS) is 23.6. The molecule has 0 aliphatic carbocycles. The van der Waals surface area contributed by atoms with Gasteiger partial charge >= 0.3 is 5.97 Å². The van der Waals surface area contributed by atoms with Gasteiger partial charge in [-0.3, -0.25) is 24.1 Å². The summed E-state index contributed by atoms with van der Waals surface area (Å²) in [7, 11) is 3.05. The molecule has 3 amide bonds. The Kier molecular flexibility index (Phi) is 6.68.